The molecule has 1 amide bonds. The van der Waals surface area contributed by atoms with E-state index in [1.807, 2.05) is 19.1 Å². The number of hydrogen-bond acceptors (Lipinski definition) is 3. The van der Waals surface area contributed by atoms with Gasteiger partial charge in [-0.3, -0.25) is 4.79 Å². The maximum Gasteiger partial charge on any atom is 0.226 e. The number of carbonyl (C=O) groups excluding carboxylic acids is 1. The summed E-state index contributed by atoms with van der Waals surface area (Å²) < 4.78 is 4.81. The minimum Gasteiger partial charge on any atom is -0.384 e. The number of nitrogens with one attached hydrogen (secondary N) is 1. The summed E-state index contributed by atoms with van der Waals surface area (Å²) in [6.07, 6.45) is 0.312. The van der Waals surface area contributed by atoms with E-state index in [9.17, 15) is 4.79 Å². The number of methoxy groups -OCH3 is 1. The molecular weight excluding hydrogens is 204 g/mol. The number of rotatable bonds is 4. The van der Waals surface area contributed by atoms with Crippen LogP contribution in [0.15, 0.2) is 18.2 Å². The Morgan fingerprint density at radius 2 is 2.31 bits per heavy atom. The predicted molar refractivity (Wildman–Crippen MR) is 61.0 cm³/mol. The molecule has 0 heterocycles. The molecule has 0 fully saturated rings. The largest absolute Gasteiger partial charge is 0.384 e. The Balaban J connectivity index is 2.73. The van der Waals surface area contributed by atoms with Crippen LogP contribution in [0.5, 0.6) is 0 Å². The normalized spacial score (nSPS) is 9.56. The van der Waals surface area contributed by atoms with Crippen LogP contribution < -0.4 is 5.32 Å². The highest BCUT2D eigenvalue weighted by Crippen LogP contribution is 2.16. The van der Waals surface area contributed by atoms with Gasteiger partial charge in [0.25, 0.3) is 0 Å². The van der Waals surface area contributed by atoms with Crippen molar-refractivity contribution in [3.8, 4) is 6.07 Å². The van der Waals surface area contributed by atoms with Crippen LogP contribution in [-0.4, -0.2) is 19.6 Å². The highest BCUT2D eigenvalue weighted by Gasteiger charge is 2.05. The average Bonchev–Trinajstić information content (AvgIpc) is 2.29. The maximum absolute atomic E-state index is 11.4. The molecule has 0 aliphatic heterocycles. The van der Waals surface area contributed by atoms with Gasteiger partial charge in [-0.1, -0.05) is 6.07 Å². The van der Waals surface area contributed by atoms with Gasteiger partial charge in [-0.2, -0.15) is 5.26 Å². The Hall–Kier alpha value is -1.86. The second-order valence-corrected chi connectivity index (χ2v) is 3.43. The summed E-state index contributed by atoms with van der Waals surface area (Å²) in [4.78, 5) is 11.4. The van der Waals surface area contributed by atoms with Crippen LogP contribution >= 0.6 is 0 Å². The van der Waals surface area contributed by atoms with Crippen LogP contribution in [0, 0.1) is 18.3 Å². The fourth-order valence-corrected chi connectivity index (χ4v) is 1.23. The summed E-state index contributed by atoms with van der Waals surface area (Å²) in [5.41, 5.74) is 2.15. The summed E-state index contributed by atoms with van der Waals surface area (Å²) in [7, 11) is 1.55. The molecule has 0 bridgehead atoms. The zero-order valence-corrected chi connectivity index (χ0v) is 9.41. The van der Waals surface area contributed by atoms with Crippen molar-refractivity contribution in [3.05, 3.63) is 29.3 Å². The van der Waals surface area contributed by atoms with Crippen molar-refractivity contribution in [2.75, 3.05) is 19.0 Å². The van der Waals surface area contributed by atoms with Gasteiger partial charge in [-0.25, -0.2) is 0 Å². The SMILES string of the molecule is COCCC(=O)Nc1cc(C#N)ccc1C. The van der Waals surface area contributed by atoms with E-state index in [0.717, 1.165) is 5.56 Å². The Kier molecular flexibility index (Phi) is 4.49. The topological polar surface area (TPSA) is 62.1 Å². The van der Waals surface area contributed by atoms with E-state index in [0.29, 0.717) is 24.3 Å². The molecule has 0 aliphatic carbocycles. The number of nitriles is 1. The van der Waals surface area contributed by atoms with Crippen LogP contribution in [0.3, 0.4) is 0 Å². The molecule has 1 aromatic carbocycles. The fourth-order valence-electron chi connectivity index (χ4n) is 1.23. The van der Waals surface area contributed by atoms with Gasteiger partial charge in [0.15, 0.2) is 0 Å². The van der Waals surface area contributed by atoms with Crippen molar-refractivity contribution in [3.63, 3.8) is 0 Å². The zero-order chi connectivity index (χ0) is 12.0. The number of anilines is 1. The second-order valence-electron chi connectivity index (χ2n) is 3.43. The Bertz CT molecular complexity index is 422. The third-order valence-corrected chi connectivity index (χ3v) is 2.17. The number of aryl methyl sites for hydroxylation is 1. The predicted octanol–water partition coefficient (Wildman–Crippen LogP) is 1.84. The Morgan fingerprint density at radius 1 is 1.56 bits per heavy atom. The zero-order valence-electron chi connectivity index (χ0n) is 9.41. The van der Waals surface area contributed by atoms with Gasteiger partial charge < -0.3 is 10.1 Å². The minimum absolute atomic E-state index is 0.111. The highest BCUT2D eigenvalue weighted by molar-refractivity contribution is 5.91. The molecular formula is C12H14N2O2. The molecule has 0 atom stereocenters. The van der Waals surface area contributed by atoms with Crippen molar-refractivity contribution >= 4 is 11.6 Å². The van der Waals surface area contributed by atoms with Crippen molar-refractivity contribution in [1.29, 1.82) is 5.26 Å². The number of hydrogen-bond donors (Lipinski definition) is 1. The quantitative estimate of drug-likeness (QED) is 0.838. The average molecular weight is 218 g/mol. The van der Waals surface area contributed by atoms with Crippen LogP contribution in [0.25, 0.3) is 0 Å². The molecule has 84 valence electrons. The first-order valence-electron chi connectivity index (χ1n) is 4.97. The smallest absolute Gasteiger partial charge is 0.226 e. The Morgan fingerprint density at radius 3 is 2.94 bits per heavy atom. The molecule has 0 aliphatic rings. The van der Waals surface area contributed by atoms with Crippen LogP contribution in [0.1, 0.15) is 17.5 Å². The van der Waals surface area contributed by atoms with Gasteiger partial charge in [-0.15, -0.1) is 0 Å². The summed E-state index contributed by atoms with van der Waals surface area (Å²) in [6, 6.07) is 7.23. The number of nitrogens with zero attached hydrogens (tertiary/aromatic N) is 1. The third-order valence-electron chi connectivity index (χ3n) is 2.17. The van der Waals surface area contributed by atoms with E-state index < -0.39 is 0 Å². The lowest BCUT2D eigenvalue weighted by Gasteiger charge is -2.08. The van der Waals surface area contributed by atoms with E-state index in [1.54, 1.807) is 19.2 Å². The molecule has 0 unspecified atom stereocenters. The lowest BCUT2D eigenvalue weighted by molar-refractivity contribution is -0.117. The van der Waals surface area contributed by atoms with Gasteiger partial charge in [0.2, 0.25) is 5.91 Å². The summed E-state index contributed by atoms with van der Waals surface area (Å²) in [6.45, 7) is 2.27. The fraction of sp³-hybridized carbons (Fsp3) is 0.333. The molecule has 0 radical (unpaired) electrons. The van der Waals surface area contributed by atoms with Gasteiger partial charge in [0, 0.05) is 12.8 Å². The van der Waals surface area contributed by atoms with Crippen molar-refractivity contribution < 1.29 is 9.53 Å². The molecule has 0 aromatic heterocycles. The number of amides is 1. The van der Waals surface area contributed by atoms with E-state index in [1.165, 1.54) is 0 Å². The molecule has 16 heavy (non-hydrogen) atoms. The van der Waals surface area contributed by atoms with E-state index in [2.05, 4.69) is 5.32 Å². The number of carbonyl (C=O) groups is 1. The lowest BCUT2D eigenvalue weighted by atomic mass is 10.1. The molecule has 1 rings (SSSR count). The van der Waals surface area contributed by atoms with E-state index in [4.69, 9.17) is 10.00 Å². The van der Waals surface area contributed by atoms with Crippen LogP contribution in [0.4, 0.5) is 5.69 Å². The van der Waals surface area contributed by atoms with Gasteiger partial charge in [-0.05, 0) is 24.6 Å². The van der Waals surface area contributed by atoms with Crippen molar-refractivity contribution in [2.24, 2.45) is 0 Å². The highest BCUT2D eigenvalue weighted by atomic mass is 16.5. The molecule has 4 nitrogen and oxygen atoms in total. The van der Waals surface area contributed by atoms with Crippen molar-refractivity contribution in [2.45, 2.75) is 13.3 Å². The second kappa shape index (κ2) is 5.89. The third kappa shape index (κ3) is 3.37. The molecule has 4 heteroatoms. The standard InChI is InChI=1S/C12H14N2O2/c1-9-3-4-10(8-13)7-11(9)14-12(15)5-6-16-2/h3-4,7H,5-6H2,1-2H3,(H,14,15). The van der Waals surface area contributed by atoms with E-state index in [-0.39, 0.29) is 5.91 Å². The van der Waals surface area contributed by atoms with E-state index >= 15 is 0 Å². The maximum atomic E-state index is 11.4. The molecule has 1 aromatic rings. The molecule has 0 spiro atoms. The van der Waals surface area contributed by atoms with Gasteiger partial charge in [0.05, 0.1) is 24.7 Å². The first-order chi connectivity index (χ1) is 7.67. The minimum atomic E-state index is -0.111. The van der Waals surface area contributed by atoms with Crippen LogP contribution in [0.2, 0.25) is 0 Å². The molecule has 0 saturated heterocycles. The first kappa shape index (κ1) is 12.2. The van der Waals surface area contributed by atoms with Gasteiger partial charge in [0.1, 0.15) is 0 Å². The first-order valence-corrected chi connectivity index (χ1v) is 4.97. The van der Waals surface area contributed by atoms with Crippen LogP contribution in [-0.2, 0) is 9.53 Å². The number of ether oxygens (including phenoxy) is 1. The molecule has 1 N–H and O–H groups in total. The molecule has 0 saturated carbocycles. The monoisotopic (exact) mass is 218 g/mol. The summed E-state index contributed by atoms with van der Waals surface area (Å²) in [5.74, 6) is -0.111. The lowest BCUT2D eigenvalue weighted by Crippen LogP contribution is -2.14. The Labute approximate surface area is 94.8 Å². The van der Waals surface area contributed by atoms with Crippen molar-refractivity contribution in [1.82, 2.24) is 0 Å². The number of benzene rings is 1. The summed E-state index contributed by atoms with van der Waals surface area (Å²) >= 11 is 0. The summed E-state index contributed by atoms with van der Waals surface area (Å²) in [5, 5.41) is 11.5. The van der Waals surface area contributed by atoms with Gasteiger partial charge >= 0.3 is 0 Å².